The van der Waals surface area contributed by atoms with Gasteiger partial charge in [0, 0.05) is 23.2 Å². The Morgan fingerprint density at radius 3 is 2.50 bits per heavy atom. The van der Waals surface area contributed by atoms with Crippen molar-refractivity contribution in [1.82, 2.24) is 30.4 Å². The van der Waals surface area contributed by atoms with Gasteiger partial charge in [-0.05, 0) is 60.0 Å². The Morgan fingerprint density at radius 2 is 1.86 bits per heavy atom. The maximum Gasteiger partial charge on any atom is 0.247 e. The van der Waals surface area contributed by atoms with Crippen LogP contribution in [-0.2, 0) is 16.1 Å². The second kappa shape index (κ2) is 12.0. The molecule has 0 aliphatic heterocycles. The van der Waals surface area contributed by atoms with Gasteiger partial charge in [0.1, 0.15) is 18.3 Å². The van der Waals surface area contributed by atoms with E-state index in [2.05, 4.69) is 20.7 Å². The second-order valence-corrected chi connectivity index (χ2v) is 9.06. The highest BCUT2D eigenvalue weighted by Gasteiger charge is 2.33. The van der Waals surface area contributed by atoms with E-state index in [0.29, 0.717) is 22.2 Å². The first-order valence-corrected chi connectivity index (χ1v) is 12.2. The van der Waals surface area contributed by atoms with Gasteiger partial charge in [-0.15, -0.1) is 10.2 Å². The normalized spacial score (nSPS) is 14.4. The third-order valence-corrected chi connectivity index (χ3v) is 6.44. The van der Waals surface area contributed by atoms with Crippen LogP contribution in [0.2, 0.25) is 5.02 Å². The highest BCUT2D eigenvalue weighted by atomic mass is 35.5. The highest BCUT2D eigenvalue weighted by molar-refractivity contribution is 6.30. The first kappa shape index (κ1) is 25.6. The number of ether oxygens (including phenoxy) is 1. The minimum atomic E-state index is -0.938. The standard InChI is InChI=1S/C25H29ClN6O4/c1-36-21-12-8-18(9-13-21)24-28-30-32(29-24)16-22(34)31(14-15-33)23(17-6-10-19(26)11-7-17)25(35)27-20-4-2-3-5-20/h6-13,20,23,33H,2-5,14-16H2,1H3,(H,27,35). The Labute approximate surface area is 214 Å². The highest BCUT2D eigenvalue weighted by Crippen LogP contribution is 2.26. The van der Waals surface area contributed by atoms with Crippen molar-refractivity contribution < 1.29 is 19.4 Å². The van der Waals surface area contributed by atoms with Gasteiger partial charge in [-0.2, -0.15) is 4.80 Å². The molecule has 1 aliphatic carbocycles. The summed E-state index contributed by atoms with van der Waals surface area (Å²) in [6.45, 7) is -0.595. The molecule has 3 aromatic rings. The van der Waals surface area contributed by atoms with Crippen LogP contribution in [0.5, 0.6) is 5.75 Å². The van der Waals surface area contributed by atoms with Crippen LogP contribution in [0.3, 0.4) is 0 Å². The predicted molar refractivity (Wildman–Crippen MR) is 133 cm³/mol. The molecule has 1 heterocycles. The molecule has 1 fully saturated rings. The second-order valence-electron chi connectivity index (χ2n) is 8.63. The van der Waals surface area contributed by atoms with E-state index in [1.807, 2.05) is 0 Å². The zero-order valence-corrected chi connectivity index (χ0v) is 20.8. The number of hydrogen-bond acceptors (Lipinski definition) is 7. The van der Waals surface area contributed by atoms with Crippen LogP contribution in [0.1, 0.15) is 37.3 Å². The van der Waals surface area contributed by atoms with Crippen molar-refractivity contribution in [2.75, 3.05) is 20.3 Å². The number of carbonyl (C=O) groups excluding carboxylic acids is 2. The van der Waals surface area contributed by atoms with Crippen molar-refractivity contribution >= 4 is 23.4 Å². The molecule has 0 spiro atoms. The molecule has 1 saturated carbocycles. The lowest BCUT2D eigenvalue weighted by Crippen LogP contribution is -2.48. The van der Waals surface area contributed by atoms with Crippen LogP contribution in [-0.4, -0.2) is 68.3 Å². The van der Waals surface area contributed by atoms with Crippen LogP contribution in [0.15, 0.2) is 48.5 Å². The fourth-order valence-corrected chi connectivity index (χ4v) is 4.48. The zero-order chi connectivity index (χ0) is 25.5. The number of carbonyl (C=O) groups is 2. The van der Waals surface area contributed by atoms with Gasteiger partial charge in [0.25, 0.3) is 0 Å². The summed E-state index contributed by atoms with van der Waals surface area (Å²) < 4.78 is 5.17. The fourth-order valence-electron chi connectivity index (χ4n) is 4.35. The molecule has 0 saturated heterocycles. The summed E-state index contributed by atoms with van der Waals surface area (Å²) >= 11 is 6.06. The summed E-state index contributed by atoms with van der Waals surface area (Å²) in [5.41, 5.74) is 1.32. The number of benzene rings is 2. The third-order valence-electron chi connectivity index (χ3n) is 6.19. The van der Waals surface area contributed by atoms with Crippen LogP contribution < -0.4 is 10.1 Å². The molecule has 11 heteroatoms. The Bertz CT molecular complexity index is 1160. The summed E-state index contributed by atoms with van der Waals surface area (Å²) in [7, 11) is 1.58. The molecule has 36 heavy (non-hydrogen) atoms. The Hall–Kier alpha value is -3.50. The van der Waals surface area contributed by atoms with E-state index in [-0.39, 0.29) is 31.6 Å². The number of nitrogens with one attached hydrogen (secondary N) is 1. The molecule has 0 radical (unpaired) electrons. The molecular weight excluding hydrogens is 484 g/mol. The van der Waals surface area contributed by atoms with Crippen LogP contribution >= 0.6 is 11.6 Å². The molecule has 10 nitrogen and oxygen atoms in total. The van der Waals surface area contributed by atoms with Crippen molar-refractivity contribution in [3.05, 3.63) is 59.1 Å². The number of halogens is 1. The minimum Gasteiger partial charge on any atom is -0.497 e. The lowest BCUT2D eigenvalue weighted by Gasteiger charge is -2.31. The van der Waals surface area contributed by atoms with Crippen LogP contribution in [0.4, 0.5) is 0 Å². The van der Waals surface area contributed by atoms with Gasteiger partial charge in [-0.1, -0.05) is 36.6 Å². The first-order chi connectivity index (χ1) is 17.5. The van der Waals surface area contributed by atoms with E-state index >= 15 is 0 Å². The molecule has 1 unspecified atom stereocenters. The van der Waals surface area contributed by atoms with E-state index in [0.717, 1.165) is 31.2 Å². The van der Waals surface area contributed by atoms with Gasteiger partial charge in [0.05, 0.1) is 13.7 Å². The number of aromatic nitrogens is 4. The molecule has 1 aromatic heterocycles. The molecule has 4 rings (SSSR count). The lowest BCUT2D eigenvalue weighted by atomic mass is 10.0. The van der Waals surface area contributed by atoms with Crippen LogP contribution in [0.25, 0.3) is 11.4 Å². The summed E-state index contributed by atoms with van der Waals surface area (Å²) in [6.07, 6.45) is 3.93. The van der Waals surface area contributed by atoms with E-state index in [1.165, 1.54) is 9.70 Å². The predicted octanol–water partition coefficient (Wildman–Crippen LogP) is 2.62. The number of aliphatic hydroxyl groups is 1. The van der Waals surface area contributed by atoms with E-state index in [1.54, 1.807) is 55.6 Å². The number of rotatable bonds is 10. The van der Waals surface area contributed by atoms with Crippen LogP contribution in [0, 0.1) is 0 Å². The molecular formula is C25H29ClN6O4. The Kier molecular flexibility index (Phi) is 8.50. The number of tetrazole rings is 1. The number of amides is 2. The van der Waals surface area contributed by atoms with Crippen molar-refractivity contribution in [3.8, 4) is 17.1 Å². The molecule has 0 bridgehead atoms. The number of methoxy groups -OCH3 is 1. The molecule has 1 aliphatic rings. The maximum absolute atomic E-state index is 13.4. The summed E-state index contributed by atoms with van der Waals surface area (Å²) in [6, 6.07) is 13.1. The van der Waals surface area contributed by atoms with Crippen molar-refractivity contribution in [2.45, 2.75) is 44.3 Å². The third kappa shape index (κ3) is 6.19. The smallest absolute Gasteiger partial charge is 0.247 e. The van der Waals surface area contributed by atoms with Gasteiger partial charge in [-0.3, -0.25) is 9.59 Å². The van der Waals surface area contributed by atoms with E-state index in [4.69, 9.17) is 16.3 Å². The molecule has 1 atom stereocenters. The quantitative estimate of drug-likeness (QED) is 0.428. The maximum atomic E-state index is 13.4. The zero-order valence-electron chi connectivity index (χ0n) is 20.0. The lowest BCUT2D eigenvalue weighted by molar-refractivity contribution is -0.142. The summed E-state index contributed by atoms with van der Waals surface area (Å²) in [5.74, 6) is 0.332. The largest absolute Gasteiger partial charge is 0.497 e. The molecule has 2 aromatic carbocycles. The minimum absolute atomic E-state index is 0.0375. The van der Waals surface area contributed by atoms with E-state index < -0.39 is 11.9 Å². The van der Waals surface area contributed by atoms with Gasteiger partial charge >= 0.3 is 0 Å². The van der Waals surface area contributed by atoms with Crippen molar-refractivity contribution in [3.63, 3.8) is 0 Å². The topological polar surface area (TPSA) is 122 Å². The fraction of sp³-hybridized carbons (Fsp3) is 0.400. The molecule has 2 N–H and O–H groups in total. The van der Waals surface area contributed by atoms with Gasteiger partial charge in [-0.25, -0.2) is 0 Å². The summed E-state index contributed by atoms with van der Waals surface area (Å²) in [5, 5.41) is 25.7. The average molecular weight is 513 g/mol. The number of aliphatic hydroxyl groups excluding tert-OH is 1. The average Bonchev–Trinajstić information content (AvgIpc) is 3.57. The Balaban J connectivity index is 1.55. The Morgan fingerprint density at radius 1 is 1.17 bits per heavy atom. The van der Waals surface area contributed by atoms with Crippen molar-refractivity contribution in [2.24, 2.45) is 0 Å². The van der Waals surface area contributed by atoms with Gasteiger partial charge in [0.2, 0.25) is 17.6 Å². The van der Waals surface area contributed by atoms with Gasteiger partial charge < -0.3 is 20.1 Å². The number of hydrogen-bond donors (Lipinski definition) is 2. The van der Waals surface area contributed by atoms with E-state index in [9.17, 15) is 14.7 Å². The number of nitrogens with zero attached hydrogens (tertiary/aromatic N) is 5. The molecule has 190 valence electrons. The first-order valence-electron chi connectivity index (χ1n) is 11.9. The summed E-state index contributed by atoms with van der Waals surface area (Å²) in [4.78, 5) is 29.4. The SMILES string of the molecule is COc1ccc(-c2nnn(CC(=O)N(CCO)C(C(=O)NC3CCCC3)c3ccc(Cl)cc3)n2)cc1. The molecule has 2 amide bonds. The van der Waals surface area contributed by atoms with Gasteiger partial charge in [0.15, 0.2) is 0 Å². The van der Waals surface area contributed by atoms with Crippen molar-refractivity contribution in [1.29, 1.82) is 0 Å². The monoisotopic (exact) mass is 512 g/mol.